The minimum Gasteiger partial charge on any atom is -0.481 e. The Labute approximate surface area is 118 Å². The van der Waals surface area contributed by atoms with Crippen molar-refractivity contribution < 1.29 is 14.7 Å². The molecule has 0 saturated carbocycles. The van der Waals surface area contributed by atoms with Crippen LogP contribution in [-0.2, 0) is 9.59 Å². The van der Waals surface area contributed by atoms with Crippen LogP contribution in [0.15, 0.2) is 30.3 Å². The van der Waals surface area contributed by atoms with Crippen LogP contribution in [0.2, 0.25) is 0 Å². The van der Waals surface area contributed by atoms with Gasteiger partial charge in [0.2, 0.25) is 5.91 Å². The maximum atomic E-state index is 11.6. The molecule has 108 valence electrons. The van der Waals surface area contributed by atoms with Crippen LogP contribution in [0, 0.1) is 0 Å². The lowest BCUT2D eigenvalue weighted by Crippen LogP contribution is -2.32. The third-order valence-electron chi connectivity index (χ3n) is 2.71. The number of nitrogens with one attached hydrogen (secondary N) is 1. The Morgan fingerprint density at radius 3 is 2.40 bits per heavy atom. The molecule has 0 bridgehead atoms. The fourth-order valence-corrected chi connectivity index (χ4v) is 1.66. The maximum absolute atomic E-state index is 11.6. The summed E-state index contributed by atoms with van der Waals surface area (Å²) >= 11 is 0. The molecular weight excluding hydrogens is 256 g/mol. The summed E-state index contributed by atoms with van der Waals surface area (Å²) in [6, 6.07) is 7.37. The number of hydrogen-bond donors (Lipinski definition) is 2. The first kappa shape index (κ1) is 15.8. The Balaban J connectivity index is 2.54. The second-order valence-electron chi connectivity index (χ2n) is 4.83. The maximum Gasteiger partial charge on any atom is 0.305 e. The normalized spacial score (nSPS) is 12.2. The Kier molecular flexibility index (Phi) is 5.77. The summed E-state index contributed by atoms with van der Waals surface area (Å²) in [5.74, 6) is -1.23. The van der Waals surface area contributed by atoms with Crippen LogP contribution < -0.4 is 10.2 Å². The highest BCUT2D eigenvalue weighted by Crippen LogP contribution is 2.13. The van der Waals surface area contributed by atoms with E-state index in [9.17, 15) is 9.59 Å². The Bertz CT molecular complexity index is 492. The van der Waals surface area contributed by atoms with E-state index < -0.39 is 5.97 Å². The van der Waals surface area contributed by atoms with Crippen molar-refractivity contribution in [2.45, 2.75) is 19.4 Å². The zero-order chi connectivity index (χ0) is 15.1. The molecule has 0 aliphatic carbocycles. The summed E-state index contributed by atoms with van der Waals surface area (Å²) in [6.45, 7) is 1.66. The summed E-state index contributed by atoms with van der Waals surface area (Å²) < 4.78 is 0. The molecular formula is C15H20N2O3. The number of carboxylic acid groups (broad SMARTS) is 1. The number of hydrogen-bond acceptors (Lipinski definition) is 3. The first-order chi connectivity index (χ1) is 9.38. The number of carbonyl (C=O) groups excluding carboxylic acids is 1. The van der Waals surface area contributed by atoms with E-state index >= 15 is 0 Å². The van der Waals surface area contributed by atoms with Gasteiger partial charge in [0.1, 0.15) is 0 Å². The fourth-order valence-electron chi connectivity index (χ4n) is 1.66. The molecule has 5 nitrogen and oxygen atoms in total. The van der Waals surface area contributed by atoms with Crippen molar-refractivity contribution >= 4 is 23.6 Å². The zero-order valence-corrected chi connectivity index (χ0v) is 12.0. The number of nitrogens with zero attached hydrogens (tertiary/aromatic N) is 1. The largest absolute Gasteiger partial charge is 0.481 e. The number of benzene rings is 1. The van der Waals surface area contributed by atoms with Gasteiger partial charge in [-0.25, -0.2) is 0 Å². The van der Waals surface area contributed by atoms with Crippen molar-refractivity contribution in [1.82, 2.24) is 5.32 Å². The van der Waals surface area contributed by atoms with E-state index in [1.165, 1.54) is 6.08 Å². The summed E-state index contributed by atoms with van der Waals surface area (Å²) in [6.07, 6.45) is 3.02. The van der Waals surface area contributed by atoms with E-state index in [4.69, 9.17) is 5.11 Å². The molecule has 1 aromatic rings. The van der Waals surface area contributed by atoms with Gasteiger partial charge >= 0.3 is 5.97 Å². The highest BCUT2D eigenvalue weighted by Gasteiger charge is 2.08. The smallest absolute Gasteiger partial charge is 0.305 e. The number of aliphatic carboxylic acids is 1. The molecule has 1 rings (SSSR count). The number of amides is 1. The standard InChI is InChI=1S/C15H20N2O3/c1-11(10-15(19)20)16-14(18)9-6-12-4-7-13(8-5-12)17(2)3/h4-9,11H,10H2,1-3H3,(H,16,18)(H,19,20)/b9-6+. The zero-order valence-electron chi connectivity index (χ0n) is 12.0. The minimum atomic E-state index is -0.930. The van der Waals surface area contributed by atoms with Crippen LogP contribution >= 0.6 is 0 Å². The van der Waals surface area contributed by atoms with Crippen LogP contribution in [0.1, 0.15) is 18.9 Å². The van der Waals surface area contributed by atoms with Gasteiger partial charge in [0.05, 0.1) is 6.42 Å². The minimum absolute atomic E-state index is 0.0862. The lowest BCUT2D eigenvalue weighted by Gasteiger charge is -2.12. The third kappa shape index (κ3) is 5.56. The molecule has 0 radical (unpaired) electrons. The van der Waals surface area contributed by atoms with E-state index in [0.29, 0.717) is 0 Å². The van der Waals surface area contributed by atoms with Gasteiger partial charge in [-0.15, -0.1) is 0 Å². The number of carboxylic acids is 1. The molecule has 0 spiro atoms. The van der Waals surface area contributed by atoms with Gasteiger partial charge in [0.25, 0.3) is 0 Å². The molecule has 0 saturated heterocycles. The van der Waals surface area contributed by atoms with E-state index in [1.807, 2.05) is 43.3 Å². The van der Waals surface area contributed by atoms with E-state index in [-0.39, 0.29) is 18.4 Å². The van der Waals surface area contributed by atoms with Crippen molar-refractivity contribution in [3.05, 3.63) is 35.9 Å². The molecule has 0 heterocycles. The average molecular weight is 276 g/mol. The van der Waals surface area contributed by atoms with Gasteiger partial charge in [-0.1, -0.05) is 12.1 Å². The third-order valence-corrected chi connectivity index (χ3v) is 2.71. The van der Waals surface area contributed by atoms with Gasteiger partial charge in [-0.05, 0) is 30.7 Å². The van der Waals surface area contributed by atoms with Crippen LogP contribution in [0.4, 0.5) is 5.69 Å². The second-order valence-corrected chi connectivity index (χ2v) is 4.83. The number of carbonyl (C=O) groups is 2. The molecule has 20 heavy (non-hydrogen) atoms. The molecule has 1 aromatic carbocycles. The van der Waals surface area contributed by atoms with Gasteiger partial charge in [0.15, 0.2) is 0 Å². The van der Waals surface area contributed by atoms with Crippen LogP contribution in [0.25, 0.3) is 6.08 Å². The first-order valence-corrected chi connectivity index (χ1v) is 6.36. The average Bonchev–Trinajstić information content (AvgIpc) is 2.35. The summed E-state index contributed by atoms with van der Waals surface area (Å²) in [7, 11) is 3.92. The van der Waals surface area contributed by atoms with Gasteiger partial charge < -0.3 is 15.3 Å². The highest BCUT2D eigenvalue weighted by molar-refractivity contribution is 5.92. The Morgan fingerprint density at radius 1 is 1.30 bits per heavy atom. The molecule has 0 fully saturated rings. The lowest BCUT2D eigenvalue weighted by molar-refractivity contribution is -0.137. The molecule has 1 unspecified atom stereocenters. The molecule has 0 aliphatic heterocycles. The lowest BCUT2D eigenvalue weighted by atomic mass is 10.2. The predicted octanol–water partition coefficient (Wildman–Crippen LogP) is 1.75. The summed E-state index contributed by atoms with van der Waals surface area (Å²) in [5.41, 5.74) is 2.00. The Morgan fingerprint density at radius 2 is 1.90 bits per heavy atom. The van der Waals surface area contributed by atoms with E-state index in [2.05, 4.69) is 5.32 Å². The van der Waals surface area contributed by atoms with Crippen LogP contribution in [0.3, 0.4) is 0 Å². The van der Waals surface area contributed by atoms with Crippen molar-refractivity contribution in [1.29, 1.82) is 0 Å². The van der Waals surface area contributed by atoms with Crippen molar-refractivity contribution in [3.8, 4) is 0 Å². The fraction of sp³-hybridized carbons (Fsp3) is 0.333. The summed E-state index contributed by atoms with van der Waals surface area (Å²) in [4.78, 5) is 24.1. The van der Waals surface area contributed by atoms with Crippen molar-refractivity contribution in [2.24, 2.45) is 0 Å². The Hall–Kier alpha value is -2.30. The molecule has 0 aliphatic rings. The van der Waals surface area contributed by atoms with Gasteiger partial charge in [-0.2, -0.15) is 0 Å². The van der Waals surface area contributed by atoms with Crippen LogP contribution in [0.5, 0.6) is 0 Å². The topological polar surface area (TPSA) is 69.6 Å². The van der Waals surface area contributed by atoms with Gasteiger partial charge in [-0.3, -0.25) is 9.59 Å². The van der Waals surface area contributed by atoms with E-state index in [0.717, 1.165) is 11.3 Å². The first-order valence-electron chi connectivity index (χ1n) is 6.36. The molecule has 0 aromatic heterocycles. The quantitative estimate of drug-likeness (QED) is 0.777. The number of anilines is 1. The number of rotatable bonds is 6. The second kappa shape index (κ2) is 7.33. The monoisotopic (exact) mass is 276 g/mol. The predicted molar refractivity (Wildman–Crippen MR) is 79.7 cm³/mol. The highest BCUT2D eigenvalue weighted by atomic mass is 16.4. The molecule has 1 amide bonds. The SMILES string of the molecule is CC(CC(=O)O)NC(=O)/C=C/c1ccc(N(C)C)cc1. The molecule has 1 atom stereocenters. The van der Waals surface area contributed by atoms with Crippen molar-refractivity contribution in [3.63, 3.8) is 0 Å². The van der Waals surface area contributed by atoms with Gasteiger partial charge in [0, 0.05) is 31.9 Å². The van der Waals surface area contributed by atoms with Crippen LogP contribution in [-0.4, -0.2) is 37.1 Å². The van der Waals surface area contributed by atoms with E-state index in [1.54, 1.807) is 13.0 Å². The van der Waals surface area contributed by atoms with Crippen molar-refractivity contribution in [2.75, 3.05) is 19.0 Å². The summed E-state index contributed by atoms with van der Waals surface area (Å²) in [5, 5.41) is 11.2. The molecule has 2 N–H and O–H groups in total. The molecule has 5 heteroatoms.